The molecule has 3 aromatic rings. The van der Waals surface area contributed by atoms with Gasteiger partial charge in [-0.05, 0) is 19.4 Å². The lowest BCUT2D eigenvalue weighted by molar-refractivity contribution is 0.204. The van der Waals surface area contributed by atoms with Crippen LogP contribution in [0.3, 0.4) is 0 Å². The van der Waals surface area contributed by atoms with E-state index in [1.54, 1.807) is 17.7 Å². The summed E-state index contributed by atoms with van der Waals surface area (Å²) in [6.07, 6.45) is 0.851. The predicted molar refractivity (Wildman–Crippen MR) is 81.2 cm³/mol. The van der Waals surface area contributed by atoms with Crippen LogP contribution in [0.1, 0.15) is 33.1 Å². The van der Waals surface area contributed by atoms with Crippen molar-refractivity contribution < 1.29 is 5.11 Å². The van der Waals surface area contributed by atoms with Gasteiger partial charge in [0.25, 0.3) is 0 Å². The molecule has 2 heterocycles. The van der Waals surface area contributed by atoms with Gasteiger partial charge in [0.15, 0.2) is 5.82 Å². The van der Waals surface area contributed by atoms with Crippen LogP contribution in [0.15, 0.2) is 36.7 Å². The monoisotopic (exact) mass is 300 g/mol. The number of hydrogen-bond acceptors (Lipinski definition) is 5. The smallest absolute Gasteiger partial charge is 0.166 e. The molecule has 0 unspecified atom stereocenters. The van der Waals surface area contributed by atoms with Crippen molar-refractivity contribution in [1.82, 2.24) is 19.7 Å². The first kappa shape index (κ1) is 13.9. The van der Waals surface area contributed by atoms with Gasteiger partial charge in [-0.15, -0.1) is 21.5 Å². The molecule has 0 aliphatic rings. The summed E-state index contributed by atoms with van der Waals surface area (Å²) in [6, 6.07) is 9.46. The van der Waals surface area contributed by atoms with E-state index in [1.807, 2.05) is 41.8 Å². The van der Waals surface area contributed by atoms with Crippen LogP contribution in [-0.2, 0) is 6.54 Å². The first-order chi connectivity index (χ1) is 10.1. The van der Waals surface area contributed by atoms with Crippen LogP contribution < -0.4 is 0 Å². The first-order valence-corrected chi connectivity index (χ1v) is 7.50. The lowest BCUT2D eigenvalue weighted by Crippen LogP contribution is -2.10. The van der Waals surface area contributed by atoms with Gasteiger partial charge in [-0.1, -0.05) is 30.3 Å². The third kappa shape index (κ3) is 2.86. The normalized spacial score (nSPS) is 12.5. The van der Waals surface area contributed by atoms with Crippen molar-refractivity contribution >= 4 is 11.3 Å². The lowest BCUT2D eigenvalue weighted by Gasteiger charge is -2.11. The second kappa shape index (κ2) is 5.75. The number of aryl methyl sites for hydroxylation is 2. The number of aliphatic hydroxyl groups is 1. The molecular formula is C15H16N4OS. The largest absolute Gasteiger partial charge is 0.380 e. The third-order valence-electron chi connectivity index (χ3n) is 3.38. The molecule has 0 aliphatic carbocycles. The van der Waals surface area contributed by atoms with Crippen molar-refractivity contribution in [2.75, 3.05) is 0 Å². The standard InChI is InChI=1S/C15H16N4OS/c1-10-11(2)21-13(17-10)8-19-9-16-18-15(19)14(20)12-6-4-3-5-7-12/h3-7,9,14,20H,8H2,1-2H3/t14-/m1/s1. The predicted octanol–water partition coefficient (Wildman–Crippen LogP) is 2.48. The van der Waals surface area contributed by atoms with Crippen LogP contribution in [0.25, 0.3) is 0 Å². The van der Waals surface area contributed by atoms with E-state index in [9.17, 15) is 5.11 Å². The number of nitrogens with zero attached hydrogens (tertiary/aromatic N) is 4. The molecule has 0 fully saturated rings. The van der Waals surface area contributed by atoms with Crippen molar-refractivity contribution in [2.24, 2.45) is 0 Å². The number of thiazole rings is 1. The fourth-order valence-electron chi connectivity index (χ4n) is 2.13. The highest BCUT2D eigenvalue weighted by atomic mass is 32.1. The third-order valence-corrected chi connectivity index (χ3v) is 4.44. The Morgan fingerprint density at radius 2 is 2.00 bits per heavy atom. The first-order valence-electron chi connectivity index (χ1n) is 6.69. The molecule has 1 N–H and O–H groups in total. The van der Waals surface area contributed by atoms with Crippen LogP contribution in [-0.4, -0.2) is 24.9 Å². The van der Waals surface area contributed by atoms with Gasteiger partial charge in [0, 0.05) is 4.88 Å². The van der Waals surface area contributed by atoms with Gasteiger partial charge in [-0.25, -0.2) is 4.98 Å². The molecule has 5 nitrogen and oxygen atoms in total. The van der Waals surface area contributed by atoms with Gasteiger partial charge >= 0.3 is 0 Å². The Morgan fingerprint density at radius 1 is 1.24 bits per heavy atom. The number of aliphatic hydroxyl groups excluding tert-OH is 1. The van der Waals surface area contributed by atoms with Gasteiger partial charge in [0.1, 0.15) is 17.4 Å². The van der Waals surface area contributed by atoms with Crippen molar-refractivity contribution in [3.8, 4) is 0 Å². The fraction of sp³-hybridized carbons (Fsp3) is 0.267. The van der Waals surface area contributed by atoms with Gasteiger partial charge in [-0.3, -0.25) is 0 Å². The van der Waals surface area contributed by atoms with E-state index in [1.165, 1.54) is 4.88 Å². The number of rotatable bonds is 4. The lowest BCUT2D eigenvalue weighted by atomic mass is 10.1. The van der Waals surface area contributed by atoms with E-state index in [0.717, 1.165) is 16.3 Å². The number of aromatic nitrogens is 4. The Morgan fingerprint density at radius 3 is 2.67 bits per heavy atom. The maximum Gasteiger partial charge on any atom is 0.166 e. The Kier molecular flexibility index (Phi) is 3.81. The molecule has 0 amide bonds. The highest BCUT2D eigenvalue weighted by Gasteiger charge is 2.18. The summed E-state index contributed by atoms with van der Waals surface area (Å²) in [5, 5.41) is 19.4. The summed E-state index contributed by atoms with van der Waals surface area (Å²) >= 11 is 1.66. The van der Waals surface area contributed by atoms with Gasteiger partial charge in [0.2, 0.25) is 0 Å². The second-order valence-electron chi connectivity index (χ2n) is 4.88. The molecule has 6 heteroatoms. The highest BCUT2D eigenvalue weighted by Crippen LogP contribution is 2.22. The number of benzene rings is 1. The van der Waals surface area contributed by atoms with Crippen LogP contribution in [0.5, 0.6) is 0 Å². The quantitative estimate of drug-likeness (QED) is 0.804. The van der Waals surface area contributed by atoms with Crippen LogP contribution in [0.4, 0.5) is 0 Å². The van der Waals surface area contributed by atoms with Crippen molar-refractivity contribution in [3.05, 3.63) is 63.6 Å². The summed E-state index contributed by atoms with van der Waals surface area (Å²) in [7, 11) is 0. The van der Waals surface area contributed by atoms with Gasteiger partial charge in [-0.2, -0.15) is 0 Å². The van der Waals surface area contributed by atoms with Crippen molar-refractivity contribution in [1.29, 1.82) is 0 Å². The van der Waals surface area contributed by atoms with Crippen LogP contribution in [0, 0.1) is 13.8 Å². The zero-order valence-electron chi connectivity index (χ0n) is 11.9. The van der Waals surface area contributed by atoms with Crippen molar-refractivity contribution in [3.63, 3.8) is 0 Å². The molecule has 0 saturated heterocycles. The molecule has 108 valence electrons. The minimum Gasteiger partial charge on any atom is -0.380 e. The molecule has 0 radical (unpaired) electrons. The van der Waals surface area contributed by atoms with Gasteiger partial charge < -0.3 is 9.67 Å². The molecular weight excluding hydrogens is 284 g/mol. The van der Waals surface area contributed by atoms with E-state index in [4.69, 9.17) is 0 Å². The van der Waals surface area contributed by atoms with E-state index < -0.39 is 6.10 Å². The average Bonchev–Trinajstić information content (AvgIpc) is 3.07. The zero-order chi connectivity index (χ0) is 14.8. The Balaban J connectivity index is 1.87. The molecule has 3 rings (SSSR count). The topological polar surface area (TPSA) is 63.8 Å². The number of hydrogen-bond donors (Lipinski definition) is 1. The van der Waals surface area contributed by atoms with E-state index >= 15 is 0 Å². The van der Waals surface area contributed by atoms with E-state index in [2.05, 4.69) is 22.1 Å². The molecule has 1 aromatic carbocycles. The second-order valence-corrected chi connectivity index (χ2v) is 6.17. The molecule has 2 aromatic heterocycles. The summed E-state index contributed by atoms with van der Waals surface area (Å²) in [6.45, 7) is 4.63. The van der Waals surface area contributed by atoms with Crippen LogP contribution >= 0.6 is 11.3 Å². The minimum atomic E-state index is -0.782. The molecule has 0 spiro atoms. The Labute approximate surface area is 126 Å². The average molecular weight is 300 g/mol. The maximum absolute atomic E-state index is 10.5. The molecule has 1 atom stereocenters. The van der Waals surface area contributed by atoms with Crippen LogP contribution in [0.2, 0.25) is 0 Å². The molecule has 21 heavy (non-hydrogen) atoms. The summed E-state index contributed by atoms with van der Waals surface area (Å²) in [5.74, 6) is 0.534. The SMILES string of the molecule is Cc1nc(Cn2cnnc2[C@H](O)c2ccccc2)sc1C. The molecule has 0 bridgehead atoms. The highest BCUT2D eigenvalue weighted by molar-refractivity contribution is 7.11. The molecule has 0 saturated carbocycles. The molecule has 0 aliphatic heterocycles. The van der Waals surface area contributed by atoms with E-state index in [0.29, 0.717) is 12.4 Å². The summed E-state index contributed by atoms with van der Waals surface area (Å²) < 4.78 is 1.84. The summed E-state index contributed by atoms with van der Waals surface area (Å²) in [4.78, 5) is 5.73. The van der Waals surface area contributed by atoms with Gasteiger partial charge in [0.05, 0.1) is 12.2 Å². The zero-order valence-corrected chi connectivity index (χ0v) is 12.7. The van der Waals surface area contributed by atoms with E-state index in [-0.39, 0.29) is 0 Å². The fourth-order valence-corrected chi connectivity index (χ4v) is 3.07. The maximum atomic E-state index is 10.5. The summed E-state index contributed by atoms with van der Waals surface area (Å²) in [5.41, 5.74) is 1.85. The minimum absolute atomic E-state index is 0.534. The Bertz CT molecular complexity index is 716. The van der Waals surface area contributed by atoms with Crippen molar-refractivity contribution in [2.45, 2.75) is 26.5 Å². The Hall–Kier alpha value is -2.05.